The Hall–Kier alpha value is -0.570. The number of nitrogens with one attached hydrogen (secondary N) is 1. The molecule has 0 spiro atoms. The van der Waals surface area contributed by atoms with Gasteiger partial charge in [-0.3, -0.25) is 5.41 Å². The zero-order valence-corrected chi connectivity index (χ0v) is 8.97. The first-order valence-corrected chi connectivity index (χ1v) is 5.91. The summed E-state index contributed by atoms with van der Waals surface area (Å²) in [6, 6.07) is 0. The molecule has 0 atom stereocenters. The number of rotatable bonds is 4. The Labute approximate surface area is 86.6 Å². The second kappa shape index (κ2) is 4.78. The second-order valence-corrected chi connectivity index (χ2v) is 4.44. The molecule has 2 rings (SSSR count). The zero-order valence-electron chi connectivity index (χ0n) is 8.97. The molecule has 0 aliphatic carbocycles. The van der Waals surface area contributed by atoms with Crippen LogP contribution in [0.15, 0.2) is 0 Å². The number of nitrogens with zero attached hydrogens (tertiary/aromatic N) is 2. The standard InChI is InChI=1S/C11H21N3/c12-11-5-3-9-14(11)10-4-8-13-6-1-2-7-13/h12H,1-10H2. The number of hydrogen-bond donors (Lipinski definition) is 1. The van der Waals surface area contributed by atoms with Gasteiger partial charge in [-0.1, -0.05) is 0 Å². The van der Waals surface area contributed by atoms with Crippen molar-refractivity contribution in [2.45, 2.75) is 32.1 Å². The van der Waals surface area contributed by atoms with Crippen molar-refractivity contribution in [1.82, 2.24) is 9.80 Å². The molecule has 0 aromatic rings. The summed E-state index contributed by atoms with van der Waals surface area (Å²) in [7, 11) is 0. The van der Waals surface area contributed by atoms with Crippen molar-refractivity contribution in [3.05, 3.63) is 0 Å². The maximum atomic E-state index is 7.71. The van der Waals surface area contributed by atoms with E-state index in [2.05, 4.69) is 9.80 Å². The van der Waals surface area contributed by atoms with E-state index in [1.807, 2.05) is 0 Å². The van der Waals surface area contributed by atoms with E-state index in [0.717, 1.165) is 25.3 Å². The predicted molar refractivity (Wildman–Crippen MR) is 58.8 cm³/mol. The van der Waals surface area contributed by atoms with Crippen molar-refractivity contribution in [3.63, 3.8) is 0 Å². The SMILES string of the molecule is N=C1CCCN1CCCN1CCCC1. The van der Waals surface area contributed by atoms with Gasteiger partial charge in [-0.2, -0.15) is 0 Å². The van der Waals surface area contributed by atoms with Crippen LogP contribution in [0.3, 0.4) is 0 Å². The van der Waals surface area contributed by atoms with Gasteiger partial charge >= 0.3 is 0 Å². The van der Waals surface area contributed by atoms with Crippen molar-refractivity contribution >= 4 is 5.84 Å². The number of amidine groups is 1. The van der Waals surface area contributed by atoms with E-state index in [1.54, 1.807) is 0 Å². The lowest BCUT2D eigenvalue weighted by Crippen LogP contribution is -2.29. The molecule has 2 saturated heterocycles. The summed E-state index contributed by atoms with van der Waals surface area (Å²) in [4.78, 5) is 4.80. The largest absolute Gasteiger partial charge is 0.360 e. The van der Waals surface area contributed by atoms with E-state index in [-0.39, 0.29) is 0 Å². The van der Waals surface area contributed by atoms with Gasteiger partial charge in [-0.25, -0.2) is 0 Å². The molecule has 3 heteroatoms. The smallest absolute Gasteiger partial charge is 0.0958 e. The molecule has 2 heterocycles. The van der Waals surface area contributed by atoms with Gasteiger partial charge in [0.2, 0.25) is 0 Å². The van der Waals surface area contributed by atoms with E-state index in [9.17, 15) is 0 Å². The van der Waals surface area contributed by atoms with Gasteiger partial charge in [-0.15, -0.1) is 0 Å². The predicted octanol–water partition coefficient (Wildman–Crippen LogP) is 1.55. The van der Waals surface area contributed by atoms with Gasteiger partial charge in [0.1, 0.15) is 0 Å². The van der Waals surface area contributed by atoms with Crippen LogP contribution in [0.4, 0.5) is 0 Å². The van der Waals surface area contributed by atoms with Gasteiger partial charge in [0.15, 0.2) is 0 Å². The van der Waals surface area contributed by atoms with Gasteiger partial charge in [0, 0.05) is 19.5 Å². The van der Waals surface area contributed by atoms with Crippen molar-refractivity contribution in [2.24, 2.45) is 0 Å². The molecule has 2 fully saturated rings. The highest BCUT2D eigenvalue weighted by atomic mass is 15.2. The molecule has 0 aromatic carbocycles. The molecule has 2 aliphatic heterocycles. The lowest BCUT2D eigenvalue weighted by molar-refractivity contribution is 0.312. The molecule has 0 saturated carbocycles. The highest BCUT2D eigenvalue weighted by molar-refractivity contribution is 5.80. The average molecular weight is 195 g/mol. The molecular weight excluding hydrogens is 174 g/mol. The van der Waals surface area contributed by atoms with Crippen LogP contribution in [-0.4, -0.2) is 48.4 Å². The van der Waals surface area contributed by atoms with Crippen LogP contribution >= 0.6 is 0 Å². The van der Waals surface area contributed by atoms with Crippen molar-refractivity contribution in [1.29, 1.82) is 5.41 Å². The molecule has 14 heavy (non-hydrogen) atoms. The highest BCUT2D eigenvalue weighted by Crippen LogP contribution is 2.12. The molecule has 0 aromatic heterocycles. The van der Waals surface area contributed by atoms with E-state index in [0.29, 0.717) is 0 Å². The Balaban J connectivity index is 1.60. The first-order valence-electron chi connectivity index (χ1n) is 5.91. The Morgan fingerprint density at radius 3 is 2.43 bits per heavy atom. The molecule has 0 radical (unpaired) electrons. The lowest BCUT2D eigenvalue weighted by atomic mass is 10.3. The summed E-state index contributed by atoms with van der Waals surface area (Å²) < 4.78 is 0. The first-order chi connectivity index (χ1) is 6.86. The molecular formula is C11H21N3. The molecule has 3 nitrogen and oxygen atoms in total. The average Bonchev–Trinajstić information content (AvgIpc) is 2.78. The van der Waals surface area contributed by atoms with E-state index in [4.69, 9.17) is 5.41 Å². The zero-order chi connectivity index (χ0) is 9.80. The Morgan fingerprint density at radius 2 is 1.79 bits per heavy atom. The van der Waals surface area contributed by atoms with Crippen LogP contribution in [0.2, 0.25) is 0 Å². The number of likely N-dealkylation sites (tertiary alicyclic amines) is 2. The van der Waals surface area contributed by atoms with Gasteiger partial charge in [-0.05, 0) is 45.3 Å². The number of hydrogen-bond acceptors (Lipinski definition) is 2. The van der Waals surface area contributed by atoms with Crippen molar-refractivity contribution < 1.29 is 0 Å². The van der Waals surface area contributed by atoms with Crippen molar-refractivity contribution in [3.8, 4) is 0 Å². The summed E-state index contributed by atoms with van der Waals surface area (Å²) in [5.41, 5.74) is 0. The van der Waals surface area contributed by atoms with Crippen LogP contribution in [0, 0.1) is 5.41 Å². The molecule has 0 amide bonds. The van der Waals surface area contributed by atoms with Crippen molar-refractivity contribution in [2.75, 3.05) is 32.7 Å². The lowest BCUT2D eigenvalue weighted by Gasteiger charge is -2.20. The van der Waals surface area contributed by atoms with Crippen LogP contribution in [-0.2, 0) is 0 Å². The third-order valence-electron chi connectivity index (χ3n) is 3.32. The molecule has 1 N–H and O–H groups in total. The maximum absolute atomic E-state index is 7.71. The van der Waals surface area contributed by atoms with Crippen LogP contribution in [0.1, 0.15) is 32.1 Å². The minimum Gasteiger partial charge on any atom is -0.360 e. The quantitative estimate of drug-likeness (QED) is 0.737. The minimum atomic E-state index is 0.867. The van der Waals surface area contributed by atoms with E-state index >= 15 is 0 Å². The topological polar surface area (TPSA) is 30.3 Å². The fourth-order valence-electron chi connectivity index (χ4n) is 2.47. The first kappa shape index (κ1) is 9.97. The van der Waals surface area contributed by atoms with Crippen LogP contribution in [0.25, 0.3) is 0 Å². The Kier molecular flexibility index (Phi) is 3.40. The molecule has 0 unspecified atom stereocenters. The second-order valence-electron chi connectivity index (χ2n) is 4.44. The molecule has 2 aliphatic rings. The maximum Gasteiger partial charge on any atom is 0.0958 e. The summed E-state index contributed by atoms with van der Waals surface area (Å²) in [5.74, 6) is 0.867. The van der Waals surface area contributed by atoms with E-state index < -0.39 is 0 Å². The molecule has 80 valence electrons. The summed E-state index contributed by atoms with van der Waals surface area (Å²) in [6.07, 6.45) is 6.22. The Bertz CT molecular complexity index is 197. The summed E-state index contributed by atoms with van der Waals surface area (Å²) in [6.45, 7) is 6.08. The third-order valence-corrected chi connectivity index (χ3v) is 3.32. The summed E-state index contributed by atoms with van der Waals surface area (Å²) >= 11 is 0. The fraction of sp³-hybridized carbons (Fsp3) is 0.909. The van der Waals surface area contributed by atoms with Crippen LogP contribution < -0.4 is 0 Å². The van der Waals surface area contributed by atoms with Gasteiger partial charge in [0.05, 0.1) is 5.84 Å². The monoisotopic (exact) mass is 195 g/mol. The molecule has 0 bridgehead atoms. The van der Waals surface area contributed by atoms with Gasteiger partial charge < -0.3 is 9.80 Å². The minimum absolute atomic E-state index is 0.867. The normalized spacial score (nSPS) is 23.7. The highest BCUT2D eigenvalue weighted by Gasteiger charge is 2.17. The van der Waals surface area contributed by atoms with E-state index in [1.165, 1.54) is 45.3 Å². The van der Waals surface area contributed by atoms with Crippen LogP contribution in [0.5, 0.6) is 0 Å². The Morgan fingerprint density at radius 1 is 1.00 bits per heavy atom. The van der Waals surface area contributed by atoms with Gasteiger partial charge in [0.25, 0.3) is 0 Å². The summed E-state index contributed by atoms with van der Waals surface area (Å²) in [5, 5.41) is 7.71. The fourth-order valence-corrected chi connectivity index (χ4v) is 2.47. The third kappa shape index (κ3) is 2.47.